The minimum Gasteiger partial charge on any atom is -0.303 e. The van der Waals surface area contributed by atoms with Crippen LogP contribution < -0.4 is 0 Å². The van der Waals surface area contributed by atoms with Crippen molar-refractivity contribution in [2.75, 3.05) is 32.7 Å². The zero-order valence-electron chi connectivity index (χ0n) is 12.9. The third kappa shape index (κ3) is 2.91. The zero-order chi connectivity index (χ0) is 13.9. The molecule has 2 fully saturated rings. The van der Waals surface area contributed by atoms with Crippen molar-refractivity contribution in [2.45, 2.75) is 51.5 Å². The SMILES string of the molecule is CCN1CCC(N2CCCC(c3[nH]ncc3C)C2)CC1. The first-order valence-corrected chi connectivity index (χ1v) is 8.24. The smallest absolute Gasteiger partial charge is 0.0519 e. The van der Waals surface area contributed by atoms with E-state index in [1.54, 1.807) is 0 Å². The number of aromatic nitrogens is 2. The van der Waals surface area contributed by atoms with Crippen molar-refractivity contribution in [3.05, 3.63) is 17.5 Å². The molecule has 1 unspecified atom stereocenters. The van der Waals surface area contributed by atoms with Gasteiger partial charge in [-0.2, -0.15) is 5.10 Å². The number of nitrogens with one attached hydrogen (secondary N) is 1. The van der Waals surface area contributed by atoms with E-state index in [9.17, 15) is 0 Å². The maximum absolute atomic E-state index is 4.21. The Morgan fingerprint density at radius 1 is 1.25 bits per heavy atom. The molecule has 0 spiro atoms. The Balaban J connectivity index is 1.60. The summed E-state index contributed by atoms with van der Waals surface area (Å²) in [5, 5.41) is 7.44. The van der Waals surface area contributed by atoms with Crippen molar-refractivity contribution in [2.24, 2.45) is 0 Å². The van der Waals surface area contributed by atoms with E-state index in [1.807, 2.05) is 6.20 Å². The van der Waals surface area contributed by atoms with Gasteiger partial charge in [0.15, 0.2) is 0 Å². The van der Waals surface area contributed by atoms with Crippen LogP contribution in [0.1, 0.15) is 49.8 Å². The normalized spacial score (nSPS) is 27.0. The quantitative estimate of drug-likeness (QED) is 0.920. The fourth-order valence-corrected chi connectivity index (χ4v) is 3.94. The molecular formula is C16H28N4. The van der Waals surface area contributed by atoms with Crippen LogP contribution in [0.5, 0.6) is 0 Å². The van der Waals surface area contributed by atoms with Gasteiger partial charge in [0.05, 0.1) is 6.20 Å². The van der Waals surface area contributed by atoms with E-state index in [2.05, 4.69) is 33.8 Å². The van der Waals surface area contributed by atoms with Gasteiger partial charge in [0, 0.05) is 24.2 Å². The van der Waals surface area contributed by atoms with Gasteiger partial charge in [0.25, 0.3) is 0 Å². The number of likely N-dealkylation sites (tertiary alicyclic amines) is 2. The molecule has 3 heterocycles. The van der Waals surface area contributed by atoms with Crippen LogP contribution in [0.2, 0.25) is 0 Å². The summed E-state index contributed by atoms with van der Waals surface area (Å²) < 4.78 is 0. The summed E-state index contributed by atoms with van der Waals surface area (Å²) in [6, 6.07) is 0.809. The van der Waals surface area contributed by atoms with Crippen LogP contribution in [0.15, 0.2) is 6.20 Å². The van der Waals surface area contributed by atoms with E-state index in [0.717, 1.165) is 6.04 Å². The summed E-state index contributed by atoms with van der Waals surface area (Å²) in [5.74, 6) is 0.662. The van der Waals surface area contributed by atoms with Gasteiger partial charge in [-0.1, -0.05) is 6.92 Å². The monoisotopic (exact) mass is 276 g/mol. The molecule has 1 N–H and O–H groups in total. The highest BCUT2D eigenvalue weighted by molar-refractivity contribution is 5.19. The summed E-state index contributed by atoms with van der Waals surface area (Å²) in [6.07, 6.45) is 7.31. The van der Waals surface area contributed by atoms with E-state index < -0.39 is 0 Å². The van der Waals surface area contributed by atoms with Gasteiger partial charge < -0.3 is 4.90 Å². The van der Waals surface area contributed by atoms with E-state index in [0.29, 0.717) is 5.92 Å². The molecule has 4 heteroatoms. The molecule has 4 nitrogen and oxygen atoms in total. The van der Waals surface area contributed by atoms with E-state index in [4.69, 9.17) is 0 Å². The maximum Gasteiger partial charge on any atom is 0.0519 e. The molecule has 2 aliphatic heterocycles. The molecule has 3 rings (SSSR count). The minimum absolute atomic E-state index is 0.662. The molecule has 0 saturated carbocycles. The second-order valence-corrected chi connectivity index (χ2v) is 6.47. The molecule has 1 atom stereocenters. The predicted octanol–water partition coefficient (Wildman–Crippen LogP) is 2.38. The highest BCUT2D eigenvalue weighted by Gasteiger charge is 2.30. The van der Waals surface area contributed by atoms with E-state index in [1.165, 1.54) is 69.7 Å². The average Bonchev–Trinajstić information content (AvgIpc) is 2.94. The molecule has 112 valence electrons. The van der Waals surface area contributed by atoms with Crippen LogP contribution in [0.3, 0.4) is 0 Å². The molecule has 0 amide bonds. The van der Waals surface area contributed by atoms with E-state index in [-0.39, 0.29) is 0 Å². The fraction of sp³-hybridized carbons (Fsp3) is 0.812. The van der Waals surface area contributed by atoms with Crippen molar-refractivity contribution >= 4 is 0 Å². The number of piperidine rings is 2. The number of rotatable bonds is 3. The van der Waals surface area contributed by atoms with Crippen molar-refractivity contribution in [3.63, 3.8) is 0 Å². The Morgan fingerprint density at radius 3 is 2.70 bits per heavy atom. The standard InChI is InChI=1S/C16H28N4/c1-3-19-9-6-15(7-10-19)20-8-4-5-14(12-20)16-13(2)11-17-18-16/h11,14-15H,3-10,12H2,1-2H3,(H,17,18). The minimum atomic E-state index is 0.662. The molecule has 20 heavy (non-hydrogen) atoms. The van der Waals surface area contributed by atoms with Crippen LogP contribution >= 0.6 is 0 Å². The zero-order valence-corrected chi connectivity index (χ0v) is 12.9. The Morgan fingerprint density at radius 2 is 2.05 bits per heavy atom. The Kier molecular flexibility index (Phi) is 4.41. The van der Waals surface area contributed by atoms with Gasteiger partial charge in [-0.05, 0) is 64.3 Å². The molecule has 1 aromatic heterocycles. The Bertz CT molecular complexity index is 420. The average molecular weight is 276 g/mol. The second-order valence-electron chi connectivity index (χ2n) is 6.47. The molecule has 0 aromatic carbocycles. The lowest BCUT2D eigenvalue weighted by Gasteiger charge is -2.42. The molecule has 1 aromatic rings. The molecule has 0 radical (unpaired) electrons. The van der Waals surface area contributed by atoms with Gasteiger partial charge >= 0.3 is 0 Å². The van der Waals surface area contributed by atoms with Gasteiger partial charge in [0.1, 0.15) is 0 Å². The maximum atomic E-state index is 4.21. The summed E-state index contributed by atoms with van der Waals surface area (Å²) >= 11 is 0. The lowest BCUT2D eigenvalue weighted by Crippen LogP contribution is -2.48. The lowest BCUT2D eigenvalue weighted by molar-refractivity contribution is 0.0864. The second kappa shape index (κ2) is 6.27. The third-order valence-electron chi connectivity index (χ3n) is 5.25. The topological polar surface area (TPSA) is 35.2 Å². The third-order valence-corrected chi connectivity index (χ3v) is 5.25. The highest BCUT2D eigenvalue weighted by atomic mass is 15.2. The van der Waals surface area contributed by atoms with Gasteiger partial charge in [-0.3, -0.25) is 10.00 Å². The molecule has 0 bridgehead atoms. The molecule has 0 aliphatic carbocycles. The van der Waals surface area contributed by atoms with Crippen molar-refractivity contribution in [3.8, 4) is 0 Å². The van der Waals surface area contributed by atoms with Crippen LogP contribution in [0.4, 0.5) is 0 Å². The number of aromatic amines is 1. The van der Waals surface area contributed by atoms with Crippen LogP contribution in [0.25, 0.3) is 0 Å². The van der Waals surface area contributed by atoms with Crippen LogP contribution in [-0.2, 0) is 0 Å². The summed E-state index contributed by atoms with van der Waals surface area (Å²) in [6.45, 7) is 10.7. The summed E-state index contributed by atoms with van der Waals surface area (Å²) in [7, 11) is 0. The number of aryl methyl sites for hydroxylation is 1. The first-order chi connectivity index (χ1) is 9.78. The Hall–Kier alpha value is -0.870. The van der Waals surface area contributed by atoms with Crippen molar-refractivity contribution in [1.82, 2.24) is 20.0 Å². The van der Waals surface area contributed by atoms with Crippen molar-refractivity contribution in [1.29, 1.82) is 0 Å². The predicted molar refractivity (Wildman–Crippen MR) is 82.0 cm³/mol. The van der Waals surface area contributed by atoms with Gasteiger partial charge in [-0.25, -0.2) is 0 Å². The summed E-state index contributed by atoms with van der Waals surface area (Å²) in [4.78, 5) is 5.33. The van der Waals surface area contributed by atoms with Gasteiger partial charge in [0.2, 0.25) is 0 Å². The lowest BCUT2D eigenvalue weighted by atomic mass is 9.90. The molecule has 2 saturated heterocycles. The highest BCUT2D eigenvalue weighted by Crippen LogP contribution is 2.30. The fourth-order valence-electron chi connectivity index (χ4n) is 3.94. The number of hydrogen-bond acceptors (Lipinski definition) is 3. The Labute approximate surface area is 122 Å². The van der Waals surface area contributed by atoms with E-state index >= 15 is 0 Å². The van der Waals surface area contributed by atoms with Crippen LogP contribution in [-0.4, -0.2) is 58.8 Å². The molecule has 2 aliphatic rings. The largest absolute Gasteiger partial charge is 0.303 e. The van der Waals surface area contributed by atoms with Gasteiger partial charge in [-0.15, -0.1) is 0 Å². The number of hydrogen-bond donors (Lipinski definition) is 1. The van der Waals surface area contributed by atoms with Crippen molar-refractivity contribution < 1.29 is 0 Å². The first kappa shape index (κ1) is 14.1. The molecular weight excluding hydrogens is 248 g/mol. The van der Waals surface area contributed by atoms with Crippen LogP contribution in [0, 0.1) is 6.92 Å². The first-order valence-electron chi connectivity index (χ1n) is 8.24. The summed E-state index contributed by atoms with van der Waals surface area (Å²) in [5.41, 5.74) is 2.71. The number of H-pyrrole nitrogens is 1. The number of nitrogens with zero attached hydrogens (tertiary/aromatic N) is 3.